The Morgan fingerprint density at radius 2 is 1.87 bits per heavy atom. The summed E-state index contributed by atoms with van der Waals surface area (Å²) in [6.07, 6.45) is 6.50. The zero-order chi connectivity index (χ0) is 11.6. The lowest BCUT2D eigenvalue weighted by atomic mass is 10.3. The molecule has 0 atom stereocenters. The Labute approximate surface area is 96.4 Å². The van der Waals surface area contributed by atoms with Crippen molar-refractivity contribution < 1.29 is 0 Å². The molecule has 0 radical (unpaired) electrons. The van der Waals surface area contributed by atoms with Crippen molar-refractivity contribution in [3.8, 4) is 11.5 Å². The molecule has 1 nitrogen and oxygen atoms in total. The van der Waals surface area contributed by atoms with E-state index in [2.05, 4.69) is 43.0 Å². The van der Waals surface area contributed by atoms with Crippen LogP contribution >= 0.6 is 0 Å². The van der Waals surface area contributed by atoms with Crippen LogP contribution in [-0.2, 0) is 0 Å². The van der Waals surface area contributed by atoms with Crippen molar-refractivity contribution in [2.24, 2.45) is 0 Å². The molecule has 0 fully saturated rings. The van der Waals surface area contributed by atoms with Crippen molar-refractivity contribution in [1.82, 2.24) is 5.32 Å². The summed E-state index contributed by atoms with van der Waals surface area (Å²) in [6.45, 7) is 12.8. The first kappa shape index (κ1) is 14.5. The molecule has 0 saturated heterocycles. The van der Waals surface area contributed by atoms with Crippen LogP contribution in [0.3, 0.4) is 0 Å². The molecule has 0 spiro atoms. The predicted molar refractivity (Wildman–Crippen MR) is 72.7 cm³/mol. The van der Waals surface area contributed by atoms with E-state index in [1.807, 2.05) is 6.08 Å². The Bertz CT molecular complexity index is 217. The van der Waals surface area contributed by atoms with E-state index in [1.54, 1.807) is 0 Å². The number of rotatable bonds is 7. The minimum atomic E-state index is -1.14. The molecule has 0 rings (SSSR count). The van der Waals surface area contributed by atoms with Gasteiger partial charge in [-0.2, -0.15) is 0 Å². The predicted octanol–water partition coefficient (Wildman–Crippen LogP) is 3.20. The van der Waals surface area contributed by atoms with E-state index >= 15 is 0 Å². The average Bonchev–Trinajstić information content (AvgIpc) is 2.14. The monoisotopic (exact) mass is 223 g/mol. The summed E-state index contributed by atoms with van der Waals surface area (Å²) in [5, 5.41) is 3.41. The Balaban J connectivity index is 3.24. The van der Waals surface area contributed by atoms with Gasteiger partial charge >= 0.3 is 0 Å². The van der Waals surface area contributed by atoms with Gasteiger partial charge in [0.1, 0.15) is 8.07 Å². The molecule has 0 heterocycles. The van der Waals surface area contributed by atoms with Crippen molar-refractivity contribution in [2.75, 3.05) is 13.1 Å². The topological polar surface area (TPSA) is 12.0 Å². The molecule has 0 aliphatic rings. The van der Waals surface area contributed by atoms with Gasteiger partial charge in [0.2, 0.25) is 0 Å². The first-order valence-electron chi connectivity index (χ1n) is 5.88. The number of unbranched alkanes of at least 4 members (excludes halogenated alkanes) is 2. The van der Waals surface area contributed by atoms with Crippen molar-refractivity contribution in [1.29, 1.82) is 0 Å². The third-order valence-corrected chi connectivity index (χ3v) is 2.81. The summed E-state index contributed by atoms with van der Waals surface area (Å²) in [4.78, 5) is 0. The molecule has 1 N–H and O–H groups in total. The third-order valence-electron chi connectivity index (χ3n) is 1.88. The van der Waals surface area contributed by atoms with Gasteiger partial charge in [-0.25, -0.2) is 0 Å². The van der Waals surface area contributed by atoms with Crippen LogP contribution in [-0.4, -0.2) is 21.2 Å². The first-order chi connectivity index (χ1) is 7.06. The summed E-state index contributed by atoms with van der Waals surface area (Å²) in [7, 11) is -1.14. The molecule has 0 aromatic carbocycles. The lowest BCUT2D eigenvalue weighted by molar-refractivity contribution is 0.633. The zero-order valence-corrected chi connectivity index (χ0v) is 11.5. The maximum absolute atomic E-state index is 3.70. The van der Waals surface area contributed by atoms with Crippen molar-refractivity contribution in [3.05, 3.63) is 12.7 Å². The molecular formula is C13H25NSi. The largest absolute Gasteiger partial charge is 0.317 e. The minimum Gasteiger partial charge on any atom is -0.317 e. The summed E-state index contributed by atoms with van der Waals surface area (Å²) in [5.74, 6) is 3.28. The summed E-state index contributed by atoms with van der Waals surface area (Å²) >= 11 is 0. The van der Waals surface area contributed by atoms with E-state index in [1.165, 1.54) is 12.8 Å². The van der Waals surface area contributed by atoms with Gasteiger partial charge in [0, 0.05) is 6.42 Å². The van der Waals surface area contributed by atoms with Crippen LogP contribution in [0.25, 0.3) is 0 Å². The van der Waals surface area contributed by atoms with Gasteiger partial charge < -0.3 is 5.32 Å². The lowest BCUT2D eigenvalue weighted by Crippen LogP contribution is -2.17. The third kappa shape index (κ3) is 13.5. The van der Waals surface area contributed by atoms with Gasteiger partial charge in [-0.05, 0) is 32.4 Å². The van der Waals surface area contributed by atoms with Gasteiger partial charge in [0.15, 0.2) is 0 Å². The second-order valence-corrected chi connectivity index (χ2v) is 9.59. The van der Waals surface area contributed by atoms with E-state index in [0.717, 1.165) is 25.9 Å². The molecule has 15 heavy (non-hydrogen) atoms. The van der Waals surface area contributed by atoms with E-state index < -0.39 is 8.07 Å². The molecule has 0 aliphatic heterocycles. The van der Waals surface area contributed by atoms with Crippen LogP contribution in [0.2, 0.25) is 19.6 Å². The fourth-order valence-electron chi connectivity index (χ4n) is 1.13. The van der Waals surface area contributed by atoms with Gasteiger partial charge in [-0.1, -0.05) is 25.7 Å². The molecule has 0 unspecified atom stereocenters. The fourth-order valence-corrected chi connectivity index (χ4v) is 1.78. The maximum atomic E-state index is 3.70. The smallest absolute Gasteiger partial charge is 0.129 e. The quantitative estimate of drug-likeness (QED) is 0.302. The van der Waals surface area contributed by atoms with Crippen LogP contribution < -0.4 is 5.32 Å². The summed E-state index contributed by atoms with van der Waals surface area (Å²) in [5.41, 5.74) is 3.38. The average molecular weight is 223 g/mol. The number of nitrogens with one attached hydrogen (secondary N) is 1. The Morgan fingerprint density at radius 3 is 2.47 bits per heavy atom. The highest BCUT2D eigenvalue weighted by Gasteiger charge is 2.06. The molecule has 0 aromatic heterocycles. The number of hydrogen-bond donors (Lipinski definition) is 1. The van der Waals surface area contributed by atoms with Gasteiger partial charge in [-0.15, -0.1) is 18.0 Å². The highest BCUT2D eigenvalue weighted by atomic mass is 28.3. The van der Waals surface area contributed by atoms with Crippen LogP contribution in [0.4, 0.5) is 0 Å². The SMILES string of the molecule is C=CCCCNCCCC#C[Si](C)(C)C. The molecule has 0 aromatic rings. The second-order valence-electron chi connectivity index (χ2n) is 4.84. The normalized spacial score (nSPS) is 10.6. The van der Waals surface area contributed by atoms with Gasteiger partial charge in [0.25, 0.3) is 0 Å². The van der Waals surface area contributed by atoms with Crippen molar-refractivity contribution in [2.45, 2.75) is 45.3 Å². The summed E-state index contributed by atoms with van der Waals surface area (Å²) < 4.78 is 0. The van der Waals surface area contributed by atoms with Crippen molar-refractivity contribution >= 4 is 8.07 Å². The molecule has 0 saturated carbocycles. The standard InChI is InChI=1S/C13H25NSi/c1-5-6-8-11-14-12-9-7-10-13-15(2,3)4/h5,14H,1,6-9,11-12H2,2-4H3. The zero-order valence-electron chi connectivity index (χ0n) is 10.5. The second kappa shape index (κ2) is 8.76. The van der Waals surface area contributed by atoms with Crippen molar-refractivity contribution in [3.63, 3.8) is 0 Å². The molecule has 0 bridgehead atoms. The summed E-state index contributed by atoms with van der Waals surface area (Å²) in [6, 6.07) is 0. The van der Waals surface area contributed by atoms with E-state index in [9.17, 15) is 0 Å². The first-order valence-corrected chi connectivity index (χ1v) is 9.38. The maximum Gasteiger partial charge on any atom is 0.129 e. The lowest BCUT2D eigenvalue weighted by Gasteiger charge is -2.03. The minimum absolute atomic E-state index is 1.04. The fraction of sp³-hybridized carbons (Fsp3) is 0.692. The van der Waals surface area contributed by atoms with E-state index in [-0.39, 0.29) is 0 Å². The Morgan fingerprint density at radius 1 is 1.20 bits per heavy atom. The highest BCUT2D eigenvalue weighted by Crippen LogP contribution is 1.97. The highest BCUT2D eigenvalue weighted by molar-refractivity contribution is 6.83. The van der Waals surface area contributed by atoms with E-state index in [0.29, 0.717) is 0 Å². The van der Waals surface area contributed by atoms with Crippen LogP contribution in [0.5, 0.6) is 0 Å². The molecule has 0 aliphatic carbocycles. The van der Waals surface area contributed by atoms with Gasteiger partial charge in [0.05, 0.1) is 0 Å². The molecule has 0 amide bonds. The van der Waals surface area contributed by atoms with Gasteiger partial charge in [-0.3, -0.25) is 0 Å². The number of allylic oxidation sites excluding steroid dienone is 1. The Hall–Kier alpha value is -0.523. The van der Waals surface area contributed by atoms with Crippen LogP contribution in [0, 0.1) is 11.5 Å². The molecular weight excluding hydrogens is 198 g/mol. The van der Waals surface area contributed by atoms with E-state index in [4.69, 9.17) is 0 Å². The van der Waals surface area contributed by atoms with Crippen LogP contribution in [0.15, 0.2) is 12.7 Å². The van der Waals surface area contributed by atoms with Crippen LogP contribution in [0.1, 0.15) is 25.7 Å². The number of hydrogen-bond acceptors (Lipinski definition) is 1. The molecule has 86 valence electrons. The Kier molecular flexibility index (Phi) is 8.45. The molecule has 2 heteroatoms.